The maximum atomic E-state index is 4.99. The monoisotopic (exact) mass is 177 g/mol. The van der Waals surface area contributed by atoms with Gasteiger partial charge in [-0.25, -0.2) is 0 Å². The number of hydrogen-bond donors (Lipinski definition) is 0. The van der Waals surface area contributed by atoms with Gasteiger partial charge in [0, 0.05) is 11.8 Å². The summed E-state index contributed by atoms with van der Waals surface area (Å²) < 4.78 is 6.89. The Morgan fingerprint density at radius 2 is 2.31 bits per heavy atom. The minimum atomic E-state index is 0.652. The van der Waals surface area contributed by atoms with E-state index >= 15 is 0 Å². The molecular formula is C9H11N3O. The van der Waals surface area contributed by atoms with Crippen LogP contribution < -0.4 is 0 Å². The van der Waals surface area contributed by atoms with E-state index in [1.807, 2.05) is 30.7 Å². The van der Waals surface area contributed by atoms with Crippen LogP contribution in [0.15, 0.2) is 22.9 Å². The molecule has 0 saturated heterocycles. The van der Waals surface area contributed by atoms with Gasteiger partial charge in [-0.1, -0.05) is 5.16 Å². The Morgan fingerprint density at radius 1 is 1.46 bits per heavy atom. The van der Waals surface area contributed by atoms with Gasteiger partial charge in [0.2, 0.25) is 0 Å². The summed E-state index contributed by atoms with van der Waals surface area (Å²) >= 11 is 0. The number of nitrogens with zero attached hydrogens (tertiary/aromatic N) is 3. The fraction of sp³-hybridized carbons (Fsp3) is 0.333. The van der Waals surface area contributed by atoms with Gasteiger partial charge in [0.15, 0.2) is 5.76 Å². The van der Waals surface area contributed by atoms with E-state index in [2.05, 4.69) is 10.3 Å². The van der Waals surface area contributed by atoms with Crippen molar-refractivity contribution in [1.29, 1.82) is 0 Å². The first kappa shape index (κ1) is 8.04. The minimum Gasteiger partial charge on any atom is -0.359 e. The van der Waals surface area contributed by atoms with Crippen molar-refractivity contribution in [3.8, 4) is 0 Å². The Hall–Kier alpha value is -1.58. The van der Waals surface area contributed by atoms with Gasteiger partial charge in [0.1, 0.15) is 6.54 Å². The van der Waals surface area contributed by atoms with Crippen LogP contribution in [-0.2, 0) is 6.54 Å². The van der Waals surface area contributed by atoms with Gasteiger partial charge in [-0.2, -0.15) is 5.10 Å². The molecule has 13 heavy (non-hydrogen) atoms. The van der Waals surface area contributed by atoms with Crippen molar-refractivity contribution in [2.24, 2.45) is 0 Å². The normalized spacial score (nSPS) is 10.6. The third-order valence-corrected chi connectivity index (χ3v) is 1.90. The summed E-state index contributed by atoms with van der Waals surface area (Å²) in [5, 5.41) is 7.95. The predicted molar refractivity (Wildman–Crippen MR) is 47.3 cm³/mol. The molecule has 2 heterocycles. The average Bonchev–Trinajstić information content (AvgIpc) is 2.63. The van der Waals surface area contributed by atoms with Crippen LogP contribution >= 0.6 is 0 Å². The molecule has 0 aliphatic rings. The Labute approximate surface area is 76.2 Å². The summed E-state index contributed by atoms with van der Waals surface area (Å²) in [4.78, 5) is 0. The van der Waals surface area contributed by atoms with Crippen LogP contribution in [0.1, 0.15) is 17.1 Å². The topological polar surface area (TPSA) is 43.9 Å². The first-order valence-electron chi connectivity index (χ1n) is 4.16. The highest BCUT2D eigenvalue weighted by Crippen LogP contribution is 2.05. The van der Waals surface area contributed by atoms with Crippen LogP contribution in [0.5, 0.6) is 0 Å². The molecule has 0 saturated carbocycles. The molecule has 4 nitrogen and oxygen atoms in total. The van der Waals surface area contributed by atoms with E-state index in [1.54, 1.807) is 6.20 Å². The standard InChI is InChI=1S/C9H11N3O/c1-7-5-8(2)12(11-7)6-9-3-4-10-13-9/h3-5H,6H2,1-2H3. The van der Waals surface area contributed by atoms with E-state index in [-0.39, 0.29) is 0 Å². The van der Waals surface area contributed by atoms with Crippen LogP contribution in [0.2, 0.25) is 0 Å². The zero-order valence-electron chi connectivity index (χ0n) is 7.69. The molecule has 68 valence electrons. The van der Waals surface area contributed by atoms with Crippen molar-refractivity contribution in [2.75, 3.05) is 0 Å². The Bertz CT molecular complexity index is 389. The van der Waals surface area contributed by atoms with Crippen molar-refractivity contribution >= 4 is 0 Å². The second-order valence-corrected chi connectivity index (χ2v) is 3.06. The largest absolute Gasteiger partial charge is 0.359 e. The molecule has 0 unspecified atom stereocenters. The lowest BCUT2D eigenvalue weighted by Gasteiger charge is -1.99. The lowest BCUT2D eigenvalue weighted by atomic mass is 10.4. The average molecular weight is 177 g/mol. The first-order valence-corrected chi connectivity index (χ1v) is 4.16. The highest BCUT2D eigenvalue weighted by Gasteiger charge is 2.03. The van der Waals surface area contributed by atoms with E-state index in [9.17, 15) is 0 Å². The highest BCUT2D eigenvalue weighted by molar-refractivity contribution is 5.08. The van der Waals surface area contributed by atoms with E-state index in [4.69, 9.17) is 4.52 Å². The van der Waals surface area contributed by atoms with Gasteiger partial charge in [0.25, 0.3) is 0 Å². The van der Waals surface area contributed by atoms with Gasteiger partial charge in [-0.3, -0.25) is 4.68 Å². The van der Waals surface area contributed by atoms with E-state index in [1.165, 1.54) is 0 Å². The fourth-order valence-electron chi connectivity index (χ4n) is 1.31. The Morgan fingerprint density at radius 3 is 2.85 bits per heavy atom. The number of hydrogen-bond acceptors (Lipinski definition) is 3. The molecule has 0 aliphatic carbocycles. The summed E-state index contributed by atoms with van der Waals surface area (Å²) in [6, 6.07) is 3.88. The molecule has 0 amide bonds. The second kappa shape index (κ2) is 3.05. The van der Waals surface area contributed by atoms with Crippen LogP contribution in [0.25, 0.3) is 0 Å². The van der Waals surface area contributed by atoms with E-state index in [0.29, 0.717) is 6.54 Å². The number of aryl methyl sites for hydroxylation is 2. The van der Waals surface area contributed by atoms with Crippen LogP contribution in [-0.4, -0.2) is 14.9 Å². The molecule has 0 N–H and O–H groups in total. The van der Waals surface area contributed by atoms with Crippen molar-refractivity contribution in [3.05, 3.63) is 35.5 Å². The molecule has 2 aromatic heterocycles. The second-order valence-electron chi connectivity index (χ2n) is 3.06. The summed E-state index contributed by atoms with van der Waals surface area (Å²) in [5.74, 6) is 0.825. The fourth-order valence-corrected chi connectivity index (χ4v) is 1.31. The molecule has 0 spiro atoms. The molecule has 0 atom stereocenters. The molecule has 2 aromatic rings. The highest BCUT2D eigenvalue weighted by atomic mass is 16.5. The zero-order chi connectivity index (χ0) is 9.26. The van der Waals surface area contributed by atoms with Crippen molar-refractivity contribution < 1.29 is 4.52 Å². The molecule has 0 fully saturated rings. The van der Waals surface area contributed by atoms with Crippen LogP contribution in [0.3, 0.4) is 0 Å². The smallest absolute Gasteiger partial charge is 0.158 e. The van der Waals surface area contributed by atoms with Crippen molar-refractivity contribution in [2.45, 2.75) is 20.4 Å². The molecule has 2 rings (SSSR count). The molecule has 0 bridgehead atoms. The minimum absolute atomic E-state index is 0.652. The molecule has 0 aliphatic heterocycles. The quantitative estimate of drug-likeness (QED) is 0.698. The first-order chi connectivity index (χ1) is 6.25. The third-order valence-electron chi connectivity index (χ3n) is 1.90. The lowest BCUT2D eigenvalue weighted by molar-refractivity contribution is 0.370. The van der Waals surface area contributed by atoms with E-state index in [0.717, 1.165) is 17.1 Å². The number of rotatable bonds is 2. The summed E-state index contributed by atoms with van der Waals surface area (Å²) in [7, 11) is 0. The summed E-state index contributed by atoms with van der Waals surface area (Å²) in [6.07, 6.45) is 1.64. The Balaban J connectivity index is 2.23. The molecule has 0 radical (unpaired) electrons. The van der Waals surface area contributed by atoms with E-state index < -0.39 is 0 Å². The van der Waals surface area contributed by atoms with Crippen molar-refractivity contribution in [1.82, 2.24) is 14.9 Å². The molecule has 0 aromatic carbocycles. The van der Waals surface area contributed by atoms with Crippen LogP contribution in [0.4, 0.5) is 0 Å². The summed E-state index contributed by atoms with van der Waals surface area (Å²) in [5.41, 5.74) is 2.16. The van der Waals surface area contributed by atoms with Crippen molar-refractivity contribution in [3.63, 3.8) is 0 Å². The summed E-state index contributed by atoms with van der Waals surface area (Å²) in [6.45, 7) is 4.65. The maximum Gasteiger partial charge on any atom is 0.158 e. The van der Waals surface area contributed by atoms with Gasteiger partial charge in [-0.15, -0.1) is 0 Å². The van der Waals surface area contributed by atoms with Crippen LogP contribution in [0, 0.1) is 13.8 Å². The van der Waals surface area contributed by atoms with Gasteiger partial charge in [-0.05, 0) is 19.9 Å². The number of aromatic nitrogens is 3. The lowest BCUT2D eigenvalue weighted by Crippen LogP contribution is -2.02. The zero-order valence-corrected chi connectivity index (χ0v) is 7.69. The molecular weight excluding hydrogens is 166 g/mol. The van der Waals surface area contributed by atoms with Gasteiger partial charge in [0.05, 0.1) is 11.9 Å². The van der Waals surface area contributed by atoms with Gasteiger partial charge < -0.3 is 4.52 Å². The predicted octanol–water partition coefficient (Wildman–Crippen LogP) is 1.54. The molecule has 4 heteroatoms. The third kappa shape index (κ3) is 1.61. The van der Waals surface area contributed by atoms with Gasteiger partial charge >= 0.3 is 0 Å². The Kier molecular flexibility index (Phi) is 1.88. The maximum absolute atomic E-state index is 4.99. The SMILES string of the molecule is Cc1cc(C)n(Cc2ccno2)n1.